The normalized spacial score (nSPS) is 13.0. The molecule has 3 rings (SSSR count). The molecule has 0 saturated carbocycles. The van der Waals surface area contributed by atoms with Crippen molar-refractivity contribution in [2.75, 3.05) is 5.32 Å². The van der Waals surface area contributed by atoms with E-state index in [9.17, 15) is 9.59 Å². The van der Waals surface area contributed by atoms with E-state index in [-0.39, 0.29) is 11.8 Å². The smallest absolute Gasteiger partial charge is 0.274 e. The molecule has 6 heteroatoms. The van der Waals surface area contributed by atoms with Crippen LogP contribution < -0.4 is 11.1 Å². The van der Waals surface area contributed by atoms with Crippen molar-refractivity contribution in [1.82, 2.24) is 9.97 Å². The van der Waals surface area contributed by atoms with Gasteiger partial charge < -0.3 is 11.1 Å². The standard InChI is InChI=1S/C19H22N4O2/c1-10(2)15-16(11(3)7-8-21-15)23-19(25)17-13-6-4-5-12(13)14(9-22-17)18(20)24/h7-10H,4-6H2,1-3H3,(H2,20,24)(H,23,25). The minimum Gasteiger partial charge on any atom is -0.366 e. The number of nitrogens with one attached hydrogen (secondary N) is 1. The molecule has 3 N–H and O–H groups in total. The molecule has 25 heavy (non-hydrogen) atoms. The van der Waals surface area contributed by atoms with Crippen molar-refractivity contribution in [2.45, 2.75) is 46.0 Å². The van der Waals surface area contributed by atoms with Gasteiger partial charge in [0, 0.05) is 12.4 Å². The number of fused-ring (bicyclic) bond motifs is 1. The maximum Gasteiger partial charge on any atom is 0.274 e. The largest absolute Gasteiger partial charge is 0.366 e. The van der Waals surface area contributed by atoms with Gasteiger partial charge >= 0.3 is 0 Å². The molecule has 130 valence electrons. The average Bonchev–Trinajstić information content (AvgIpc) is 3.04. The fourth-order valence-electron chi connectivity index (χ4n) is 3.35. The number of nitrogens with zero attached hydrogens (tertiary/aromatic N) is 2. The van der Waals surface area contributed by atoms with E-state index in [2.05, 4.69) is 15.3 Å². The average molecular weight is 338 g/mol. The predicted molar refractivity (Wildman–Crippen MR) is 95.8 cm³/mol. The third kappa shape index (κ3) is 3.12. The van der Waals surface area contributed by atoms with E-state index in [1.807, 2.05) is 26.8 Å². The molecule has 0 aliphatic heterocycles. The minimum atomic E-state index is -0.497. The van der Waals surface area contributed by atoms with Crippen molar-refractivity contribution in [3.63, 3.8) is 0 Å². The van der Waals surface area contributed by atoms with Crippen molar-refractivity contribution in [2.24, 2.45) is 5.73 Å². The summed E-state index contributed by atoms with van der Waals surface area (Å²) in [5.41, 5.74) is 10.4. The van der Waals surface area contributed by atoms with E-state index in [1.54, 1.807) is 6.20 Å². The number of primary amides is 1. The third-order valence-corrected chi connectivity index (χ3v) is 4.61. The van der Waals surface area contributed by atoms with Gasteiger partial charge in [-0.3, -0.25) is 14.6 Å². The highest BCUT2D eigenvalue weighted by molar-refractivity contribution is 6.06. The van der Waals surface area contributed by atoms with Crippen LogP contribution in [0.15, 0.2) is 18.5 Å². The number of aryl methyl sites for hydroxylation is 1. The van der Waals surface area contributed by atoms with E-state index < -0.39 is 5.91 Å². The molecule has 0 spiro atoms. The SMILES string of the molecule is Cc1ccnc(C(C)C)c1NC(=O)c1ncc(C(N)=O)c2c1CCC2. The Morgan fingerprint density at radius 1 is 1.20 bits per heavy atom. The Morgan fingerprint density at radius 3 is 2.60 bits per heavy atom. The maximum absolute atomic E-state index is 12.9. The summed E-state index contributed by atoms with van der Waals surface area (Å²) in [6.45, 7) is 6.02. The van der Waals surface area contributed by atoms with Crippen LogP contribution in [0.1, 0.15) is 69.4 Å². The summed E-state index contributed by atoms with van der Waals surface area (Å²) < 4.78 is 0. The highest BCUT2D eigenvalue weighted by Crippen LogP contribution is 2.29. The number of carbonyl (C=O) groups excluding carboxylic acids is 2. The summed E-state index contributed by atoms with van der Waals surface area (Å²) in [6.07, 6.45) is 5.54. The van der Waals surface area contributed by atoms with Crippen LogP contribution in [0, 0.1) is 6.92 Å². The molecular weight excluding hydrogens is 316 g/mol. The zero-order chi connectivity index (χ0) is 18.1. The maximum atomic E-state index is 12.9. The first-order chi connectivity index (χ1) is 11.9. The Bertz CT molecular complexity index is 859. The number of rotatable bonds is 4. The summed E-state index contributed by atoms with van der Waals surface area (Å²) in [4.78, 5) is 33.1. The van der Waals surface area contributed by atoms with Gasteiger partial charge in [0.05, 0.1) is 16.9 Å². The molecular formula is C19H22N4O2. The van der Waals surface area contributed by atoms with Crippen molar-refractivity contribution < 1.29 is 9.59 Å². The fraction of sp³-hybridized carbons (Fsp3) is 0.368. The lowest BCUT2D eigenvalue weighted by Crippen LogP contribution is -2.21. The van der Waals surface area contributed by atoms with Crippen LogP contribution >= 0.6 is 0 Å². The molecule has 0 radical (unpaired) electrons. The van der Waals surface area contributed by atoms with Crippen LogP contribution in [-0.4, -0.2) is 21.8 Å². The molecule has 1 aliphatic carbocycles. The Labute approximate surface area is 146 Å². The van der Waals surface area contributed by atoms with Crippen molar-refractivity contribution in [3.8, 4) is 0 Å². The second kappa shape index (κ2) is 6.63. The number of hydrogen-bond donors (Lipinski definition) is 2. The first-order valence-corrected chi connectivity index (χ1v) is 8.47. The fourth-order valence-corrected chi connectivity index (χ4v) is 3.35. The lowest BCUT2D eigenvalue weighted by molar-refractivity contribution is 0.0992. The van der Waals surface area contributed by atoms with Gasteiger partial charge in [0.2, 0.25) is 0 Å². The van der Waals surface area contributed by atoms with Crippen LogP contribution in [0.25, 0.3) is 0 Å². The highest BCUT2D eigenvalue weighted by Gasteiger charge is 2.26. The molecule has 0 atom stereocenters. The lowest BCUT2D eigenvalue weighted by Gasteiger charge is -2.16. The Morgan fingerprint density at radius 2 is 1.92 bits per heavy atom. The quantitative estimate of drug-likeness (QED) is 0.895. The van der Waals surface area contributed by atoms with Gasteiger partial charge in [-0.15, -0.1) is 0 Å². The molecule has 1 aliphatic rings. The molecule has 0 bridgehead atoms. The number of carbonyl (C=O) groups is 2. The van der Waals surface area contributed by atoms with Crippen LogP contribution in [0.2, 0.25) is 0 Å². The summed E-state index contributed by atoms with van der Waals surface area (Å²) in [7, 11) is 0. The Hall–Kier alpha value is -2.76. The monoisotopic (exact) mass is 338 g/mol. The second-order valence-electron chi connectivity index (χ2n) is 6.69. The molecule has 0 aromatic carbocycles. The van der Waals surface area contributed by atoms with Crippen LogP contribution in [0.5, 0.6) is 0 Å². The van der Waals surface area contributed by atoms with Crippen molar-refractivity contribution >= 4 is 17.5 Å². The van der Waals surface area contributed by atoms with Crippen LogP contribution in [0.4, 0.5) is 5.69 Å². The first kappa shape index (κ1) is 17.1. The number of amides is 2. The van der Waals surface area contributed by atoms with Crippen LogP contribution in [0.3, 0.4) is 0 Å². The van der Waals surface area contributed by atoms with Gasteiger partial charge in [-0.05, 0) is 54.9 Å². The topological polar surface area (TPSA) is 98.0 Å². The molecule has 2 aromatic heterocycles. The van der Waals surface area contributed by atoms with Crippen molar-refractivity contribution in [1.29, 1.82) is 0 Å². The van der Waals surface area contributed by atoms with Gasteiger partial charge in [-0.1, -0.05) is 13.8 Å². The van der Waals surface area contributed by atoms with Gasteiger partial charge in [-0.2, -0.15) is 0 Å². The van der Waals surface area contributed by atoms with E-state index in [0.29, 0.717) is 11.3 Å². The van der Waals surface area contributed by atoms with Gasteiger partial charge in [0.25, 0.3) is 11.8 Å². The number of aromatic nitrogens is 2. The Kier molecular flexibility index (Phi) is 4.53. The molecule has 2 heterocycles. The third-order valence-electron chi connectivity index (χ3n) is 4.61. The lowest BCUT2D eigenvalue weighted by atomic mass is 10.0. The summed E-state index contributed by atoms with van der Waals surface area (Å²) in [6, 6.07) is 1.87. The van der Waals surface area contributed by atoms with E-state index in [4.69, 9.17) is 5.73 Å². The molecule has 2 amide bonds. The van der Waals surface area contributed by atoms with Gasteiger partial charge in [0.1, 0.15) is 5.69 Å². The molecule has 0 fully saturated rings. The summed E-state index contributed by atoms with van der Waals surface area (Å²) in [5.74, 6) is -0.582. The van der Waals surface area contributed by atoms with E-state index in [0.717, 1.165) is 47.3 Å². The second-order valence-corrected chi connectivity index (χ2v) is 6.69. The number of pyridine rings is 2. The molecule has 2 aromatic rings. The highest BCUT2D eigenvalue weighted by atomic mass is 16.2. The predicted octanol–water partition coefficient (Wildman–Crippen LogP) is 2.75. The van der Waals surface area contributed by atoms with Gasteiger partial charge in [-0.25, -0.2) is 4.98 Å². The number of hydrogen-bond acceptors (Lipinski definition) is 4. The molecule has 0 unspecified atom stereocenters. The zero-order valence-electron chi connectivity index (χ0n) is 14.7. The number of anilines is 1. The van der Waals surface area contributed by atoms with Crippen LogP contribution in [-0.2, 0) is 12.8 Å². The van der Waals surface area contributed by atoms with Crippen molar-refractivity contribution in [3.05, 3.63) is 52.1 Å². The van der Waals surface area contributed by atoms with E-state index in [1.165, 1.54) is 6.20 Å². The molecule has 6 nitrogen and oxygen atoms in total. The number of nitrogens with two attached hydrogens (primary N) is 1. The summed E-state index contributed by atoms with van der Waals surface area (Å²) in [5, 5.41) is 2.97. The molecule has 0 saturated heterocycles. The minimum absolute atomic E-state index is 0.186. The Balaban J connectivity index is 1.99. The first-order valence-electron chi connectivity index (χ1n) is 8.47. The van der Waals surface area contributed by atoms with E-state index >= 15 is 0 Å². The zero-order valence-corrected chi connectivity index (χ0v) is 14.7. The van der Waals surface area contributed by atoms with Gasteiger partial charge in [0.15, 0.2) is 0 Å². The summed E-state index contributed by atoms with van der Waals surface area (Å²) >= 11 is 0.